The van der Waals surface area contributed by atoms with Crippen LogP contribution in [-0.2, 0) is 0 Å². The van der Waals surface area contributed by atoms with Crippen LogP contribution in [0.3, 0.4) is 0 Å². The lowest BCUT2D eigenvalue weighted by atomic mass is 10.3. The van der Waals surface area contributed by atoms with E-state index in [1.54, 1.807) is 0 Å². The summed E-state index contributed by atoms with van der Waals surface area (Å²) in [5, 5.41) is 0.417. The Balaban J connectivity index is 0. The molecule has 1 atom stereocenters. The second-order valence-electron chi connectivity index (χ2n) is 2.37. The quantitative estimate of drug-likeness (QED) is 0.318. The molecule has 0 aromatic rings. The molecule has 0 spiro atoms. The summed E-state index contributed by atoms with van der Waals surface area (Å²) in [4.78, 5) is 0. The van der Waals surface area contributed by atoms with Crippen LogP contribution in [0.1, 0.15) is 20.8 Å². The highest BCUT2D eigenvalue weighted by molar-refractivity contribution is 7.18. The Morgan fingerprint density at radius 2 is 1.17 bits per heavy atom. The van der Waals surface area contributed by atoms with Crippen molar-refractivity contribution in [1.29, 1.82) is 0 Å². The standard InChI is InChI=1S/C4H11P.B/c1-4(2,3)5;/h5H2,1-3H3;. The molecule has 0 amide bonds. The van der Waals surface area contributed by atoms with Crippen molar-refractivity contribution in [2.45, 2.75) is 25.9 Å². The predicted molar refractivity (Wildman–Crippen MR) is 35.2 cm³/mol. The average molecular weight is 101 g/mol. The van der Waals surface area contributed by atoms with E-state index < -0.39 is 0 Å². The molecule has 0 nitrogen and oxygen atoms in total. The van der Waals surface area contributed by atoms with E-state index in [0.29, 0.717) is 5.16 Å². The normalized spacial score (nSPS) is 10.0. The zero-order chi connectivity index (χ0) is 4.50. The van der Waals surface area contributed by atoms with Crippen molar-refractivity contribution in [3.63, 3.8) is 0 Å². The zero-order valence-electron chi connectivity index (χ0n) is 4.65. The zero-order valence-corrected chi connectivity index (χ0v) is 5.81. The van der Waals surface area contributed by atoms with Gasteiger partial charge in [-0.2, -0.15) is 0 Å². The Hall–Kier alpha value is 0.495. The lowest BCUT2D eigenvalue weighted by molar-refractivity contribution is 0.804. The summed E-state index contributed by atoms with van der Waals surface area (Å²) in [5.41, 5.74) is 0. The number of hydrogen-bond donors (Lipinski definition) is 0. The molecule has 0 saturated carbocycles. The van der Waals surface area contributed by atoms with Gasteiger partial charge in [-0.25, -0.2) is 0 Å². The minimum atomic E-state index is 0. The highest BCUT2D eigenvalue weighted by Gasteiger charge is 1.95. The van der Waals surface area contributed by atoms with Gasteiger partial charge in [-0.1, -0.05) is 20.8 Å². The molecule has 0 N–H and O–H groups in total. The van der Waals surface area contributed by atoms with Crippen molar-refractivity contribution in [2.24, 2.45) is 0 Å². The van der Waals surface area contributed by atoms with E-state index >= 15 is 0 Å². The fourth-order valence-corrected chi connectivity index (χ4v) is 0. The van der Waals surface area contributed by atoms with Gasteiger partial charge < -0.3 is 0 Å². The maximum absolute atomic E-state index is 2.72. The first-order chi connectivity index (χ1) is 2.00. The van der Waals surface area contributed by atoms with Gasteiger partial charge in [0.15, 0.2) is 0 Å². The van der Waals surface area contributed by atoms with Crippen LogP contribution in [0.2, 0.25) is 0 Å². The highest BCUT2D eigenvalue weighted by Crippen LogP contribution is 2.12. The van der Waals surface area contributed by atoms with Gasteiger partial charge in [0.25, 0.3) is 0 Å². The summed E-state index contributed by atoms with van der Waals surface area (Å²) in [7, 11) is 2.72. The molecule has 0 aromatic carbocycles. The van der Waals surface area contributed by atoms with Crippen LogP contribution in [0, 0.1) is 0 Å². The molecule has 1 unspecified atom stereocenters. The first-order valence-corrected chi connectivity index (χ1v) is 2.37. The Morgan fingerprint density at radius 1 is 1.17 bits per heavy atom. The largest absolute Gasteiger partial charge is 0.132 e. The molecule has 0 aliphatic heterocycles. The van der Waals surface area contributed by atoms with Crippen LogP contribution in [0.5, 0.6) is 0 Å². The third-order valence-corrected chi connectivity index (χ3v) is 0. The van der Waals surface area contributed by atoms with E-state index in [1.165, 1.54) is 0 Å². The molecular formula is C4H11BP. The molecule has 6 heavy (non-hydrogen) atoms. The summed E-state index contributed by atoms with van der Waals surface area (Å²) in [6.07, 6.45) is 0. The van der Waals surface area contributed by atoms with E-state index in [-0.39, 0.29) is 8.41 Å². The Kier molecular flexibility index (Phi) is 4.26. The molecule has 0 aromatic heterocycles. The van der Waals surface area contributed by atoms with Crippen LogP contribution in [-0.4, -0.2) is 13.6 Å². The summed E-state index contributed by atoms with van der Waals surface area (Å²) in [6, 6.07) is 0. The highest BCUT2D eigenvalue weighted by atomic mass is 31.0. The van der Waals surface area contributed by atoms with Gasteiger partial charge in [-0.15, -0.1) is 9.24 Å². The van der Waals surface area contributed by atoms with Gasteiger partial charge in [0.05, 0.1) is 0 Å². The van der Waals surface area contributed by atoms with Gasteiger partial charge >= 0.3 is 0 Å². The molecule has 2 heteroatoms. The lowest BCUT2D eigenvalue weighted by Crippen LogP contribution is -1.97. The third kappa shape index (κ3) is 224. The van der Waals surface area contributed by atoms with Crippen molar-refractivity contribution < 1.29 is 0 Å². The van der Waals surface area contributed by atoms with Crippen LogP contribution in [0.4, 0.5) is 0 Å². The second-order valence-corrected chi connectivity index (χ2v) is 4.10. The van der Waals surface area contributed by atoms with Crippen LogP contribution in [0.15, 0.2) is 0 Å². The topological polar surface area (TPSA) is 0 Å². The Labute approximate surface area is 44.5 Å². The SMILES string of the molecule is CC(C)(C)P.[B]. The van der Waals surface area contributed by atoms with Crippen molar-refractivity contribution in [3.8, 4) is 0 Å². The molecule has 3 radical (unpaired) electrons. The lowest BCUT2D eigenvalue weighted by Gasteiger charge is -2.05. The molecule has 0 aliphatic carbocycles. The van der Waals surface area contributed by atoms with Crippen LogP contribution >= 0.6 is 9.24 Å². The van der Waals surface area contributed by atoms with E-state index in [0.717, 1.165) is 0 Å². The van der Waals surface area contributed by atoms with Crippen molar-refractivity contribution in [1.82, 2.24) is 0 Å². The van der Waals surface area contributed by atoms with E-state index in [2.05, 4.69) is 30.0 Å². The summed E-state index contributed by atoms with van der Waals surface area (Å²) in [6.45, 7) is 6.45. The molecule has 0 bridgehead atoms. The Bertz CT molecular complexity index is 23.0. The van der Waals surface area contributed by atoms with Gasteiger partial charge in [-0.05, 0) is 5.16 Å². The van der Waals surface area contributed by atoms with Crippen molar-refractivity contribution >= 4 is 17.7 Å². The minimum absolute atomic E-state index is 0. The Morgan fingerprint density at radius 3 is 1.17 bits per heavy atom. The van der Waals surface area contributed by atoms with Crippen LogP contribution < -0.4 is 0 Å². The molecule has 0 rings (SSSR count). The van der Waals surface area contributed by atoms with Crippen molar-refractivity contribution in [2.75, 3.05) is 0 Å². The van der Waals surface area contributed by atoms with Crippen molar-refractivity contribution in [3.05, 3.63) is 0 Å². The molecule has 0 aliphatic rings. The molecular weight excluding hydrogens is 89.8 g/mol. The first-order valence-electron chi connectivity index (χ1n) is 1.79. The minimum Gasteiger partial charge on any atom is -0.132 e. The predicted octanol–water partition coefficient (Wildman–Crippen LogP) is 1.28. The smallest absolute Gasteiger partial charge is 0 e. The van der Waals surface area contributed by atoms with Gasteiger partial charge in [0, 0.05) is 8.41 Å². The van der Waals surface area contributed by atoms with Gasteiger partial charge in [0.2, 0.25) is 0 Å². The molecule has 0 heterocycles. The fraction of sp³-hybridized carbons (Fsp3) is 1.00. The summed E-state index contributed by atoms with van der Waals surface area (Å²) in [5.74, 6) is 0. The second kappa shape index (κ2) is 2.63. The molecule has 35 valence electrons. The summed E-state index contributed by atoms with van der Waals surface area (Å²) >= 11 is 0. The monoisotopic (exact) mass is 101 g/mol. The average Bonchev–Trinajstić information content (AvgIpc) is 0.722. The fourth-order valence-electron chi connectivity index (χ4n) is 0. The van der Waals surface area contributed by atoms with E-state index in [1.807, 2.05) is 0 Å². The van der Waals surface area contributed by atoms with E-state index in [9.17, 15) is 0 Å². The molecule has 0 saturated heterocycles. The van der Waals surface area contributed by atoms with Crippen LogP contribution in [0.25, 0.3) is 0 Å². The number of hydrogen-bond acceptors (Lipinski definition) is 0. The van der Waals surface area contributed by atoms with E-state index in [4.69, 9.17) is 0 Å². The maximum atomic E-state index is 2.72. The maximum Gasteiger partial charge on any atom is 0 e. The molecule has 0 fully saturated rings. The third-order valence-electron chi connectivity index (χ3n) is 0. The first kappa shape index (κ1) is 9.71. The summed E-state index contributed by atoms with van der Waals surface area (Å²) < 4.78 is 0. The van der Waals surface area contributed by atoms with Gasteiger partial charge in [0.1, 0.15) is 0 Å². The van der Waals surface area contributed by atoms with Gasteiger partial charge in [-0.3, -0.25) is 0 Å². The number of rotatable bonds is 0.